The minimum Gasteiger partial charge on any atom is -0.497 e. The van der Waals surface area contributed by atoms with E-state index < -0.39 is 16.1 Å². The quantitative estimate of drug-likeness (QED) is 0.264. The molecule has 0 aliphatic rings. The van der Waals surface area contributed by atoms with E-state index in [9.17, 15) is 18.0 Å². The van der Waals surface area contributed by atoms with Crippen LogP contribution >= 0.6 is 0 Å². The first kappa shape index (κ1) is 32.7. The summed E-state index contributed by atoms with van der Waals surface area (Å²) in [5, 5.41) is 3.07. The molecule has 0 aliphatic heterocycles. The fourth-order valence-electron chi connectivity index (χ4n) is 4.65. The number of nitrogens with one attached hydrogen (secondary N) is 1. The van der Waals surface area contributed by atoms with Crippen molar-refractivity contribution in [1.82, 2.24) is 10.2 Å². The van der Waals surface area contributed by atoms with Gasteiger partial charge in [0, 0.05) is 38.0 Å². The van der Waals surface area contributed by atoms with Gasteiger partial charge in [0.05, 0.1) is 19.1 Å². The van der Waals surface area contributed by atoms with Crippen LogP contribution in [0.3, 0.4) is 0 Å². The number of amides is 2. The summed E-state index contributed by atoms with van der Waals surface area (Å²) in [6.07, 6.45) is 2.62. The summed E-state index contributed by atoms with van der Waals surface area (Å²) >= 11 is 0. The smallest absolute Gasteiger partial charge is 0.243 e. The van der Waals surface area contributed by atoms with Crippen molar-refractivity contribution in [1.29, 1.82) is 0 Å². The van der Waals surface area contributed by atoms with E-state index in [4.69, 9.17) is 4.74 Å². The first-order valence-electron chi connectivity index (χ1n) is 14.3. The summed E-state index contributed by atoms with van der Waals surface area (Å²) in [5.74, 6) is 0.121. The third-order valence-electron chi connectivity index (χ3n) is 7.24. The predicted molar refractivity (Wildman–Crippen MR) is 168 cm³/mol. The summed E-state index contributed by atoms with van der Waals surface area (Å²) in [6, 6.07) is 23.6. The van der Waals surface area contributed by atoms with Crippen molar-refractivity contribution in [3.8, 4) is 5.75 Å². The van der Waals surface area contributed by atoms with Crippen LogP contribution in [0, 0.1) is 6.92 Å². The average Bonchev–Trinajstić information content (AvgIpc) is 2.97. The molecule has 0 radical (unpaired) electrons. The third-order valence-corrected chi connectivity index (χ3v) is 8.43. The second kappa shape index (κ2) is 15.4. The van der Waals surface area contributed by atoms with E-state index >= 15 is 0 Å². The number of nitrogens with zero attached hydrogens (tertiary/aromatic N) is 2. The van der Waals surface area contributed by atoms with E-state index in [1.807, 2.05) is 75.4 Å². The highest BCUT2D eigenvalue weighted by Gasteiger charge is 2.31. The van der Waals surface area contributed by atoms with E-state index in [2.05, 4.69) is 5.32 Å². The van der Waals surface area contributed by atoms with Crippen molar-refractivity contribution in [3.63, 3.8) is 0 Å². The Hall–Kier alpha value is -3.85. The van der Waals surface area contributed by atoms with Crippen LogP contribution in [0.25, 0.3) is 0 Å². The van der Waals surface area contributed by atoms with Crippen molar-refractivity contribution in [3.05, 3.63) is 95.6 Å². The zero-order valence-corrected chi connectivity index (χ0v) is 26.1. The second-order valence-electron chi connectivity index (χ2n) is 10.7. The molecule has 0 saturated carbocycles. The maximum Gasteiger partial charge on any atom is 0.243 e. The van der Waals surface area contributed by atoms with Crippen LogP contribution in [0.5, 0.6) is 5.75 Å². The van der Waals surface area contributed by atoms with Gasteiger partial charge in [-0.3, -0.25) is 13.9 Å². The molecule has 8 nitrogen and oxygen atoms in total. The maximum absolute atomic E-state index is 13.9. The molecular weight excluding hydrogens is 550 g/mol. The van der Waals surface area contributed by atoms with Gasteiger partial charge in [-0.2, -0.15) is 0 Å². The molecule has 0 saturated heterocycles. The van der Waals surface area contributed by atoms with E-state index in [-0.39, 0.29) is 43.8 Å². The van der Waals surface area contributed by atoms with E-state index in [0.29, 0.717) is 17.9 Å². The largest absolute Gasteiger partial charge is 0.497 e. The predicted octanol–water partition coefficient (Wildman–Crippen LogP) is 5.10. The average molecular weight is 594 g/mol. The summed E-state index contributed by atoms with van der Waals surface area (Å²) in [6.45, 7) is 6.32. The number of hydrogen-bond donors (Lipinski definition) is 1. The lowest BCUT2D eigenvalue weighted by Crippen LogP contribution is -2.52. The van der Waals surface area contributed by atoms with Gasteiger partial charge in [-0.1, -0.05) is 73.2 Å². The highest BCUT2D eigenvalue weighted by Crippen LogP contribution is 2.24. The van der Waals surface area contributed by atoms with E-state index in [1.54, 1.807) is 29.2 Å². The Labute approximate surface area is 250 Å². The number of carbonyl (C=O) groups is 2. The number of ether oxygens (including phenoxy) is 1. The Bertz CT molecular complexity index is 1410. The topological polar surface area (TPSA) is 96.0 Å². The minimum absolute atomic E-state index is 0.0433. The van der Waals surface area contributed by atoms with Crippen LogP contribution in [-0.4, -0.2) is 57.1 Å². The molecule has 42 heavy (non-hydrogen) atoms. The fraction of sp³-hybridized carbons (Fsp3) is 0.394. The van der Waals surface area contributed by atoms with Crippen molar-refractivity contribution in [2.75, 3.05) is 24.2 Å². The molecule has 3 aromatic rings. The lowest BCUT2D eigenvalue weighted by molar-refractivity contribution is -0.141. The monoisotopic (exact) mass is 593 g/mol. The molecule has 0 bridgehead atoms. The lowest BCUT2D eigenvalue weighted by atomic mass is 10.0. The van der Waals surface area contributed by atoms with Crippen LogP contribution in [0.1, 0.15) is 49.8 Å². The fourth-order valence-corrected chi connectivity index (χ4v) is 5.61. The highest BCUT2D eigenvalue weighted by atomic mass is 32.2. The van der Waals surface area contributed by atoms with E-state index in [1.165, 1.54) is 11.4 Å². The van der Waals surface area contributed by atoms with Gasteiger partial charge in [-0.15, -0.1) is 0 Å². The molecule has 9 heteroatoms. The first-order valence-corrected chi connectivity index (χ1v) is 16.2. The molecule has 1 N–H and O–H groups in total. The SMILES string of the molecule is CC[C@H](C)NC(=O)[C@H](Cc1ccccc1)N(Cc1ccc(C)cc1)C(=O)CCCN(c1cccc(OC)c1)S(C)(=O)=O. The molecule has 2 amide bonds. The molecule has 0 fully saturated rings. The zero-order chi connectivity index (χ0) is 30.7. The number of sulfonamides is 1. The number of hydrogen-bond acceptors (Lipinski definition) is 5. The Morgan fingerprint density at radius 3 is 2.26 bits per heavy atom. The highest BCUT2D eigenvalue weighted by molar-refractivity contribution is 7.92. The van der Waals surface area contributed by atoms with Crippen LogP contribution in [0.4, 0.5) is 5.69 Å². The molecule has 3 rings (SSSR count). The minimum atomic E-state index is -3.61. The number of methoxy groups -OCH3 is 1. The zero-order valence-electron chi connectivity index (χ0n) is 25.2. The summed E-state index contributed by atoms with van der Waals surface area (Å²) in [7, 11) is -2.09. The molecule has 2 atom stereocenters. The molecule has 0 aliphatic carbocycles. The van der Waals surface area contributed by atoms with Crippen molar-refractivity contribution in [2.45, 2.75) is 65.1 Å². The molecular formula is C33H43N3O5S. The number of benzene rings is 3. The molecule has 3 aromatic carbocycles. The van der Waals surface area contributed by atoms with Gasteiger partial charge in [0.15, 0.2) is 0 Å². The van der Waals surface area contributed by atoms with Gasteiger partial charge in [0.25, 0.3) is 0 Å². The van der Waals surface area contributed by atoms with Crippen LogP contribution in [0.15, 0.2) is 78.9 Å². The Kier molecular flexibility index (Phi) is 12.0. The van der Waals surface area contributed by atoms with Crippen LogP contribution < -0.4 is 14.4 Å². The summed E-state index contributed by atoms with van der Waals surface area (Å²) < 4.78 is 31.9. The number of carbonyl (C=O) groups excluding carboxylic acids is 2. The van der Waals surface area contributed by atoms with Crippen molar-refractivity contribution >= 4 is 27.5 Å². The van der Waals surface area contributed by atoms with Gasteiger partial charge in [0.2, 0.25) is 21.8 Å². The number of rotatable bonds is 15. The standard InChI is InChI=1S/C33H43N3O5S/c1-6-26(3)34-33(38)31(22-27-12-8-7-9-13-27)35(24-28-19-17-25(2)18-20-28)32(37)16-11-21-36(42(5,39)40)29-14-10-15-30(23-29)41-4/h7-10,12-15,17-20,23,26,31H,6,11,16,21-22,24H2,1-5H3,(H,34,38)/t26-,31-/m0/s1. The Morgan fingerprint density at radius 2 is 1.64 bits per heavy atom. The maximum atomic E-state index is 13.9. The molecule has 0 unspecified atom stereocenters. The number of anilines is 1. The van der Waals surface area contributed by atoms with Crippen molar-refractivity contribution < 1.29 is 22.7 Å². The van der Waals surface area contributed by atoms with E-state index in [0.717, 1.165) is 29.4 Å². The van der Waals surface area contributed by atoms with Crippen molar-refractivity contribution in [2.24, 2.45) is 0 Å². The van der Waals surface area contributed by atoms with Gasteiger partial charge in [0.1, 0.15) is 11.8 Å². The molecule has 0 spiro atoms. The second-order valence-corrected chi connectivity index (χ2v) is 12.6. The summed E-state index contributed by atoms with van der Waals surface area (Å²) in [5.41, 5.74) is 3.43. The lowest BCUT2D eigenvalue weighted by Gasteiger charge is -2.32. The van der Waals surface area contributed by atoms with Crippen LogP contribution in [0.2, 0.25) is 0 Å². The molecule has 0 heterocycles. The third kappa shape index (κ3) is 9.62. The van der Waals surface area contributed by atoms with Gasteiger partial charge < -0.3 is 15.0 Å². The molecule has 226 valence electrons. The van der Waals surface area contributed by atoms with Crippen LogP contribution in [-0.2, 0) is 32.6 Å². The van der Waals surface area contributed by atoms with Gasteiger partial charge >= 0.3 is 0 Å². The first-order chi connectivity index (χ1) is 20.0. The van der Waals surface area contributed by atoms with Gasteiger partial charge in [-0.05, 0) is 49.9 Å². The number of aryl methyl sites for hydroxylation is 1. The normalized spacial score (nSPS) is 12.7. The Morgan fingerprint density at radius 1 is 0.952 bits per heavy atom. The molecule has 0 aromatic heterocycles. The van der Waals surface area contributed by atoms with Gasteiger partial charge in [-0.25, -0.2) is 8.42 Å². The Balaban J connectivity index is 1.89. The summed E-state index contributed by atoms with van der Waals surface area (Å²) in [4.78, 5) is 29.2.